The zero-order valence-corrected chi connectivity index (χ0v) is 12.1. The number of hydrogen-bond acceptors (Lipinski definition) is 5. The number of ether oxygens (including phenoxy) is 1. The van der Waals surface area contributed by atoms with E-state index in [0.29, 0.717) is 18.9 Å². The summed E-state index contributed by atoms with van der Waals surface area (Å²) in [6.45, 7) is 4.45. The Kier molecular flexibility index (Phi) is 4.40. The van der Waals surface area contributed by atoms with E-state index in [1.54, 1.807) is 18.5 Å². The number of allylic oxidation sites excluding steroid dienone is 2. The van der Waals surface area contributed by atoms with Gasteiger partial charge in [0.1, 0.15) is 23.8 Å². The van der Waals surface area contributed by atoms with Gasteiger partial charge in [0.15, 0.2) is 0 Å². The first-order chi connectivity index (χ1) is 10.3. The molecule has 1 aromatic heterocycles. The second-order valence-corrected chi connectivity index (χ2v) is 5.37. The monoisotopic (exact) mass is 287 g/mol. The number of rotatable bonds is 5. The Morgan fingerprint density at radius 2 is 2.14 bits per heavy atom. The smallest absolute Gasteiger partial charge is 0.146 e. The summed E-state index contributed by atoms with van der Waals surface area (Å²) in [4.78, 5) is 8.53. The molecule has 1 saturated heterocycles. The molecule has 0 saturated carbocycles. The maximum atomic E-state index is 9.65. The van der Waals surface area contributed by atoms with Crippen LogP contribution in [-0.2, 0) is 0 Å². The maximum Gasteiger partial charge on any atom is 0.146 e. The van der Waals surface area contributed by atoms with Crippen LogP contribution < -0.4 is 9.64 Å². The molecule has 1 fully saturated rings. The molecule has 3 heterocycles. The number of nitrogens with zero attached hydrogens (tertiary/aromatic N) is 3. The number of hydrogen-bond donors (Lipinski definition) is 1. The number of aliphatic hydroxyl groups is 1. The van der Waals surface area contributed by atoms with Gasteiger partial charge in [0.2, 0.25) is 0 Å². The van der Waals surface area contributed by atoms with Gasteiger partial charge in [0.05, 0.1) is 12.7 Å². The first kappa shape index (κ1) is 13.9. The predicted molar refractivity (Wildman–Crippen MR) is 82.6 cm³/mol. The third-order valence-corrected chi connectivity index (χ3v) is 3.82. The summed E-state index contributed by atoms with van der Waals surface area (Å²) in [6.07, 6.45) is 11.5. The number of pyridine rings is 1. The zero-order chi connectivity index (χ0) is 14.5. The standard InChI is InChI=1S/C16H21N3O2/c20-14-4-3-9-19(13-14)15-12-17-6-5-16(15)21-11-10-18-7-1-2-8-18/h3-6,9,12,20H,1-2,7-8,10-11,13H2. The largest absolute Gasteiger partial charge is 0.510 e. The molecule has 0 unspecified atom stereocenters. The van der Waals surface area contributed by atoms with Crippen molar-refractivity contribution in [2.24, 2.45) is 0 Å². The van der Waals surface area contributed by atoms with Crippen molar-refractivity contribution in [3.05, 3.63) is 42.6 Å². The summed E-state index contributed by atoms with van der Waals surface area (Å²) in [5, 5.41) is 9.65. The Morgan fingerprint density at radius 1 is 1.29 bits per heavy atom. The van der Waals surface area contributed by atoms with Crippen LogP contribution in [0, 0.1) is 0 Å². The van der Waals surface area contributed by atoms with Crippen LogP contribution in [0.2, 0.25) is 0 Å². The number of aromatic nitrogens is 1. The van der Waals surface area contributed by atoms with E-state index in [0.717, 1.165) is 18.0 Å². The SMILES string of the molecule is OC1=CC=CN(c2cnccc2OCCN2CCCC2)C1. The van der Waals surface area contributed by atoms with Crippen LogP contribution in [0.25, 0.3) is 0 Å². The molecule has 112 valence electrons. The molecule has 21 heavy (non-hydrogen) atoms. The van der Waals surface area contributed by atoms with Gasteiger partial charge in [-0.15, -0.1) is 0 Å². The summed E-state index contributed by atoms with van der Waals surface area (Å²) < 4.78 is 5.93. The molecule has 0 radical (unpaired) electrons. The average molecular weight is 287 g/mol. The Balaban J connectivity index is 1.62. The Bertz CT molecular complexity index is 536. The summed E-state index contributed by atoms with van der Waals surface area (Å²) in [5.41, 5.74) is 0.884. The van der Waals surface area contributed by atoms with Crippen LogP contribution >= 0.6 is 0 Å². The molecule has 3 rings (SSSR count). The number of anilines is 1. The summed E-state index contributed by atoms with van der Waals surface area (Å²) in [5.74, 6) is 1.15. The molecule has 0 bridgehead atoms. The Morgan fingerprint density at radius 3 is 2.95 bits per heavy atom. The highest BCUT2D eigenvalue weighted by molar-refractivity contribution is 5.60. The molecule has 0 amide bonds. The molecule has 5 heteroatoms. The van der Waals surface area contributed by atoms with Crippen molar-refractivity contribution in [1.82, 2.24) is 9.88 Å². The van der Waals surface area contributed by atoms with E-state index in [2.05, 4.69) is 9.88 Å². The fourth-order valence-electron chi connectivity index (χ4n) is 2.71. The first-order valence-electron chi connectivity index (χ1n) is 7.45. The molecule has 0 aromatic carbocycles. The van der Waals surface area contributed by atoms with Crippen molar-refractivity contribution in [2.45, 2.75) is 12.8 Å². The summed E-state index contributed by atoms with van der Waals surface area (Å²) in [7, 11) is 0. The zero-order valence-electron chi connectivity index (χ0n) is 12.1. The van der Waals surface area contributed by atoms with Gasteiger partial charge in [-0.05, 0) is 38.1 Å². The van der Waals surface area contributed by atoms with E-state index in [-0.39, 0.29) is 0 Å². The fourth-order valence-corrected chi connectivity index (χ4v) is 2.71. The first-order valence-corrected chi connectivity index (χ1v) is 7.45. The van der Waals surface area contributed by atoms with Crippen LogP contribution in [0.4, 0.5) is 5.69 Å². The molecule has 1 N–H and O–H groups in total. The molecule has 0 aliphatic carbocycles. The third kappa shape index (κ3) is 3.55. The quantitative estimate of drug-likeness (QED) is 0.900. The number of likely N-dealkylation sites (tertiary alicyclic amines) is 1. The van der Waals surface area contributed by atoms with Gasteiger partial charge in [-0.25, -0.2) is 0 Å². The predicted octanol–water partition coefficient (Wildman–Crippen LogP) is 2.33. The van der Waals surface area contributed by atoms with E-state index in [9.17, 15) is 5.11 Å². The lowest BCUT2D eigenvalue weighted by molar-refractivity contribution is 0.238. The van der Waals surface area contributed by atoms with Gasteiger partial charge in [0, 0.05) is 25.0 Å². The van der Waals surface area contributed by atoms with Crippen molar-refractivity contribution < 1.29 is 9.84 Å². The van der Waals surface area contributed by atoms with Crippen LogP contribution in [0.1, 0.15) is 12.8 Å². The molecule has 0 spiro atoms. The topological polar surface area (TPSA) is 48.8 Å². The molecular formula is C16H21N3O2. The van der Waals surface area contributed by atoms with Gasteiger partial charge < -0.3 is 14.7 Å². The van der Waals surface area contributed by atoms with Gasteiger partial charge >= 0.3 is 0 Å². The summed E-state index contributed by atoms with van der Waals surface area (Å²) >= 11 is 0. The fraction of sp³-hybridized carbons (Fsp3) is 0.438. The van der Waals surface area contributed by atoms with E-state index in [4.69, 9.17) is 4.74 Å². The second kappa shape index (κ2) is 6.63. The highest BCUT2D eigenvalue weighted by Gasteiger charge is 2.15. The molecule has 1 aromatic rings. The average Bonchev–Trinajstić information content (AvgIpc) is 3.01. The second-order valence-electron chi connectivity index (χ2n) is 5.37. The van der Waals surface area contributed by atoms with Crippen LogP contribution in [-0.4, -0.2) is 47.8 Å². The summed E-state index contributed by atoms with van der Waals surface area (Å²) in [6, 6.07) is 1.88. The van der Waals surface area contributed by atoms with E-state index < -0.39 is 0 Å². The third-order valence-electron chi connectivity index (χ3n) is 3.82. The van der Waals surface area contributed by atoms with Crippen LogP contribution in [0.15, 0.2) is 42.6 Å². The minimum atomic E-state index is 0.337. The van der Waals surface area contributed by atoms with E-state index in [1.165, 1.54) is 25.9 Å². The van der Waals surface area contributed by atoms with Crippen molar-refractivity contribution in [3.8, 4) is 5.75 Å². The maximum absolute atomic E-state index is 9.65. The molecule has 5 nitrogen and oxygen atoms in total. The lowest BCUT2D eigenvalue weighted by Gasteiger charge is -2.24. The van der Waals surface area contributed by atoms with Gasteiger partial charge in [-0.3, -0.25) is 9.88 Å². The van der Waals surface area contributed by atoms with Crippen LogP contribution in [0.3, 0.4) is 0 Å². The Hall–Kier alpha value is -2.01. The van der Waals surface area contributed by atoms with Gasteiger partial charge in [-0.2, -0.15) is 0 Å². The van der Waals surface area contributed by atoms with Gasteiger partial charge in [0.25, 0.3) is 0 Å². The highest BCUT2D eigenvalue weighted by atomic mass is 16.5. The van der Waals surface area contributed by atoms with Gasteiger partial charge in [-0.1, -0.05) is 0 Å². The molecular weight excluding hydrogens is 266 g/mol. The normalized spacial score (nSPS) is 18.9. The minimum Gasteiger partial charge on any atom is -0.510 e. The molecule has 2 aliphatic rings. The van der Waals surface area contributed by atoms with E-state index in [1.807, 2.05) is 23.2 Å². The highest BCUT2D eigenvalue weighted by Crippen LogP contribution is 2.28. The Labute approximate surface area is 125 Å². The van der Waals surface area contributed by atoms with Crippen molar-refractivity contribution in [2.75, 3.05) is 37.7 Å². The lowest BCUT2D eigenvalue weighted by atomic mass is 10.2. The van der Waals surface area contributed by atoms with Crippen LogP contribution in [0.5, 0.6) is 5.75 Å². The number of aliphatic hydroxyl groups excluding tert-OH is 1. The minimum absolute atomic E-state index is 0.337. The van der Waals surface area contributed by atoms with E-state index >= 15 is 0 Å². The van der Waals surface area contributed by atoms with Crippen molar-refractivity contribution >= 4 is 5.69 Å². The molecule has 2 aliphatic heterocycles. The van der Waals surface area contributed by atoms with Crippen molar-refractivity contribution in [3.63, 3.8) is 0 Å². The lowest BCUT2D eigenvalue weighted by Crippen LogP contribution is -2.26. The molecule has 0 atom stereocenters. The van der Waals surface area contributed by atoms with Crippen molar-refractivity contribution in [1.29, 1.82) is 0 Å².